The number of ether oxygens (including phenoxy) is 4. The van der Waals surface area contributed by atoms with Crippen molar-refractivity contribution in [2.45, 2.75) is 322 Å². The molecule has 0 aromatic carbocycles. The van der Waals surface area contributed by atoms with E-state index in [0.717, 1.165) is 83.5 Å². The fourth-order valence-electron chi connectivity index (χ4n) is 9.93. The molecule has 0 bridgehead atoms. The highest BCUT2D eigenvalue weighted by atomic mass is 16.7. The van der Waals surface area contributed by atoms with E-state index in [-0.39, 0.29) is 32.2 Å². The molecule has 0 aromatic heterocycles. The Morgan fingerprint density at radius 2 is 0.671 bits per heavy atom. The molecule has 0 radical (unpaired) electrons. The molecule has 0 heterocycles. The van der Waals surface area contributed by atoms with E-state index in [1.807, 2.05) is 21.1 Å². The SMILES string of the molecule is CC/C=C\C/C=C\C/C=C\C/C=C\C/C=C\C/C=C\CCCCCCCCCCCCCCCCCCCCC(=O)OC(COC(=O)CCCCCCCCCCCCC/C=C\C/C=C\CCCCCCC)COC(OCC[N+](C)(C)C)C(=O)O. The number of carbonyl (C=O) groups is 3. The Labute approximate surface area is 524 Å². The number of hydrogen-bond donors (Lipinski definition) is 1. The molecule has 0 saturated carbocycles. The molecule has 9 heteroatoms. The normalized spacial score (nSPS) is 13.3. The van der Waals surface area contributed by atoms with Gasteiger partial charge in [-0.25, -0.2) is 4.79 Å². The van der Waals surface area contributed by atoms with Crippen LogP contribution >= 0.6 is 0 Å². The predicted octanol–water partition coefficient (Wildman–Crippen LogP) is 22.0. The standard InChI is InChI=1S/C76H133NO8/c1-6-8-10-12-14-16-18-20-22-24-26-28-30-31-32-33-34-35-36-37-38-39-40-41-42-43-45-47-49-51-53-55-57-59-61-63-65-67-74(79)85-72(71-84-76(75(80)81)82-69-68-77(3,4)5)70-83-73(78)66-64-62-60-58-56-54-52-50-48-46-44-29-27-25-23-21-19-17-15-13-11-9-7-2/h8,10,14,16,19-22,25-28,31-32,34-35,72,76H,6-7,9,11-13,15,17-18,23-24,29-30,33,36-71H2,1-5H3/p+1/b10-8-,16-14-,21-19-,22-20-,27-25-,28-26-,32-31-,35-34-. The second-order valence-electron chi connectivity index (χ2n) is 24.8. The Morgan fingerprint density at radius 3 is 1.00 bits per heavy atom. The van der Waals surface area contributed by atoms with Crippen LogP contribution in [0.15, 0.2) is 97.2 Å². The van der Waals surface area contributed by atoms with Crippen molar-refractivity contribution in [2.24, 2.45) is 0 Å². The van der Waals surface area contributed by atoms with Crippen LogP contribution in [0, 0.1) is 0 Å². The second kappa shape index (κ2) is 66.2. The molecule has 85 heavy (non-hydrogen) atoms. The fraction of sp³-hybridized carbons (Fsp3) is 0.750. The number of carboxylic acids is 1. The average Bonchev–Trinajstić information content (AvgIpc) is 3.48. The van der Waals surface area contributed by atoms with Gasteiger partial charge in [0.25, 0.3) is 6.29 Å². The second-order valence-corrected chi connectivity index (χ2v) is 24.8. The highest BCUT2D eigenvalue weighted by Gasteiger charge is 2.25. The van der Waals surface area contributed by atoms with Crippen molar-refractivity contribution < 1.29 is 42.9 Å². The van der Waals surface area contributed by atoms with Crippen LogP contribution in [0.2, 0.25) is 0 Å². The molecule has 9 nitrogen and oxygen atoms in total. The lowest BCUT2D eigenvalue weighted by Gasteiger charge is -2.25. The van der Waals surface area contributed by atoms with E-state index in [1.165, 1.54) is 199 Å². The number of quaternary nitrogens is 1. The van der Waals surface area contributed by atoms with Gasteiger partial charge in [-0.2, -0.15) is 0 Å². The Balaban J connectivity index is 4.07. The third-order valence-electron chi connectivity index (χ3n) is 15.3. The minimum absolute atomic E-state index is 0.183. The number of likely N-dealkylation sites (N-methyl/N-ethyl adjacent to an activating group) is 1. The maximum Gasteiger partial charge on any atom is 0.361 e. The molecule has 490 valence electrons. The van der Waals surface area contributed by atoms with Gasteiger partial charge in [0, 0.05) is 12.8 Å². The van der Waals surface area contributed by atoms with E-state index in [4.69, 9.17) is 18.9 Å². The van der Waals surface area contributed by atoms with Gasteiger partial charge >= 0.3 is 17.9 Å². The van der Waals surface area contributed by atoms with Crippen molar-refractivity contribution in [3.05, 3.63) is 97.2 Å². The van der Waals surface area contributed by atoms with Crippen molar-refractivity contribution in [3.8, 4) is 0 Å². The van der Waals surface area contributed by atoms with Gasteiger partial charge in [-0.3, -0.25) is 9.59 Å². The fourth-order valence-corrected chi connectivity index (χ4v) is 9.93. The van der Waals surface area contributed by atoms with Gasteiger partial charge < -0.3 is 28.5 Å². The number of rotatable bonds is 65. The first kappa shape index (κ1) is 81.2. The summed E-state index contributed by atoms with van der Waals surface area (Å²) in [6.45, 7) is 4.78. The Kier molecular flexibility index (Phi) is 63.2. The van der Waals surface area contributed by atoms with Gasteiger partial charge in [0.1, 0.15) is 13.2 Å². The largest absolute Gasteiger partial charge is 0.477 e. The van der Waals surface area contributed by atoms with Crippen molar-refractivity contribution >= 4 is 17.9 Å². The number of allylic oxidation sites excluding steroid dienone is 16. The predicted molar refractivity (Wildman–Crippen MR) is 364 cm³/mol. The van der Waals surface area contributed by atoms with Crippen molar-refractivity contribution in [2.75, 3.05) is 47.5 Å². The number of unbranched alkanes of at least 4 members (excludes halogenated alkanes) is 34. The minimum atomic E-state index is -1.51. The molecule has 0 amide bonds. The molecule has 2 atom stereocenters. The Bertz CT molecular complexity index is 1720. The number of esters is 2. The lowest BCUT2D eigenvalue weighted by molar-refractivity contribution is -0.870. The van der Waals surface area contributed by atoms with Gasteiger partial charge in [0.2, 0.25) is 0 Å². The number of aliphatic carboxylic acids is 1. The molecule has 0 fully saturated rings. The molecule has 2 unspecified atom stereocenters. The van der Waals surface area contributed by atoms with Crippen LogP contribution in [0.4, 0.5) is 0 Å². The summed E-state index contributed by atoms with van der Waals surface area (Å²) in [5, 5.41) is 9.75. The highest BCUT2D eigenvalue weighted by Crippen LogP contribution is 2.17. The molecule has 0 rings (SSSR count). The van der Waals surface area contributed by atoms with Crippen LogP contribution in [0.5, 0.6) is 0 Å². The van der Waals surface area contributed by atoms with Crippen LogP contribution in [-0.2, 0) is 33.3 Å². The average molecular weight is 1190 g/mol. The Morgan fingerprint density at radius 1 is 0.365 bits per heavy atom. The van der Waals surface area contributed by atoms with E-state index in [0.29, 0.717) is 17.4 Å². The summed E-state index contributed by atoms with van der Waals surface area (Å²) in [5.74, 6) is -2.00. The molecular formula is C76H134NO8+. The third kappa shape index (κ3) is 67.6. The molecule has 0 saturated heterocycles. The monoisotopic (exact) mass is 1190 g/mol. The van der Waals surface area contributed by atoms with Crippen LogP contribution in [0.1, 0.15) is 309 Å². The van der Waals surface area contributed by atoms with Crippen molar-refractivity contribution in [1.82, 2.24) is 0 Å². The first-order chi connectivity index (χ1) is 41.6. The lowest BCUT2D eigenvalue weighted by Crippen LogP contribution is -2.40. The zero-order chi connectivity index (χ0) is 61.9. The van der Waals surface area contributed by atoms with Crippen LogP contribution < -0.4 is 0 Å². The molecule has 0 aliphatic carbocycles. The number of carbonyl (C=O) groups excluding carboxylic acids is 2. The van der Waals surface area contributed by atoms with E-state index in [2.05, 4.69) is 111 Å². The zero-order valence-corrected chi connectivity index (χ0v) is 56.0. The van der Waals surface area contributed by atoms with E-state index < -0.39 is 24.3 Å². The summed E-state index contributed by atoms with van der Waals surface area (Å²) in [6.07, 6.45) is 88.0. The summed E-state index contributed by atoms with van der Waals surface area (Å²) < 4.78 is 23.0. The van der Waals surface area contributed by atoms with Crippen LogP contribution in [-0.4, -0.2) is 87.4 Å². The summed E-state index contributed by atoms with van der Waals surface area (Å²) in [6, 6.07) is 0. The minimum Gasteiger partial charge on any atom is -0.477 e. The molecule has 0 spiro atoms. The van der Waals surface area contributed by atoms with Crippen LogP contribution in [0.25, 0.3) is 0 Å². The topological polar surface area (TPSA) is 108 Å². The lowest BCUT2D eigenvalue weighted by atomic mass is 10.0. The van der Waals surface area contributed by atoms with Gasteiger partial charge in [-0.05, 0) is 96.3 Å². The summed E-state index contributed by atoms with van der Waals surface area (Å²) in [7, 11) is 5.98. The third-order valence-corrected chi connectivity index (χ3v) is 15.3. The number of hydrogen-bond acceptors (Lipinski definition) is 7. The van der Waals surface area contributed by atoms with Crippen molar-refractivity contribution in [1.29, 1.82) is 0 Å². The van der Waals surface area contributed by atoms with Crippen molar-refractivity contribution in [3.63, 3.8) is 0 Å². The Hall–Kier alpha value is -3.79. The molecule has 0 aliphatic heterocycles. The van der Waals surface area contributed by atoms with Gasteiger partial charge in [0.05, 0.1) is 34.4 Å². The van der Waals surface area contributed by atoms with Gasteiger partial charge in [-0.1, -0.05) is 297 Å². The quantitative estimate of drug-likeness (QED) is 0.0211. The highest BCUT2D eigenvalue weighted by molar-refractivity contribution is 5.71. The summed E-state index contributed by atoms with van der Waals surface area (Å²) in [5.41, 5.74) is 0. The van der Waals surface area contributed by atoms with E-state index in [1.54, 1.807) is 0 Å². The summed E-state index contributed by atoms with van der Waals surface area (Å²) in [4.78, 5) is 37.6. The van der Waals surface area contributed by atoms with E-state index in [9.17, 15) is 19.5 Å². The van der Waals surface area contributed by atoms with E-state index >= 15 is 0 Å². The maximum atomic E-state index is 12.9. The van der Waals surface area contributed by atoms with Gasteiger partial charge in [0.15, 0.2) is 6.10 Å². The number of nitrogens with zero attached hydrogens (tertiary/aromatic N) is 1. The van der Waals surface area contributed by atoms with Gasteiger partial charge in [-0.15, -0.1) is 0 Å². The smallest absolute Gasteiger partial charge is 0.361 e. The molecule has 0 aliphatic rings. The zero-order valence-electron chi connectivity index (χ0n) is 56.0. The number of carboxylic acid groups (broad SMARTS) is 1. The molecule has 0 aromatic rings. The van der Waals surface area contributed by atoms with Crippen LogP contribution in [0.3, 0.4) is 0 Å². The molecular weight excluding hydrogens is 1050 g/mol. The molecule has 1 N–H and O–H groups in total. The maximum absolute atomic E-state index is 12.9. The first-order valence-corrected chi connectivity index (χ1v) is 35.4. The first-order valence-electron chi connectivity index (χ1n) is 35.4. The summed E-state index contributed by atoms with van der Waals surface area (Å²) >= 11 is 0.